The van der Waals surface area contributed by atoms with Gasteiger partial charge in [-0.3, -0.25) is 4.90 Å². The highest BCUT2D eigenvalue weighted by molar-refractivity contribution is 5.14. The van der Waals surface area contributed by atoms with Crippen molar-refractivity contribution >= 4 is 0 Å². The molecule has 0 bridgehead atoms. The summed E-state index contributed by atoms with van der Waals surface area (Å²) in [6.07, 6.45) is 1.02. The van der Waals surface area contributed by atoms with Gasteiger partial charge in [-0.1, -0.05) is 37.3 Å². The van der Waals surface area contributed by atoms with Crippen molar-refractivity contribution in [3.8, 4) is 0 Å². The zero-order valence-corrected chi connectivity index (χ0v) is 9.97. The van der Waals surface area contributed by atoms with E-state index in [-0.39, 0.29) is 6.61 Å². The first-order valence-corrected chi connectivity index (χ1v) is 5.90. The highest BCUT2D eigenvalue weighted by Crippen LogP contribution is 2.09. The third-order valence-corrected chi connectivity index (χ3v) is 2.88. The number of nitrogens with zero attached hydrogens (tertiary/aromatic N) is 1. The van der Waals surface area contributed by atoms with Gasteiger partial charge in [-0.25, -0.2) is 0 Å². The molecule has 3 N–H and O–H groups in total. The average Bonchev–Trinajstić information content (AvgIpc) is 2.32. The summed E-state index contributed by atoms with van der Waals surface area (Å²) in [5.41, 5.74) is 7.01. The van der Waals surface area contributed by atoms with Crippen LogP contribution >= 0.6 is 0 Å². The highest BCUT2D eigenvalue weighted by atomic mass is 16.3. The summed E-state index contributed by atoms with van der Waals surface area (Å²) in [5.74, 6) is 0. The Morgan fingerprint density at radius 1 is 1.31 bits per heavy atom. The molecule has 16 heavy (non-hydrogen) atoms. The lowest BCUT2D eigenvalue weighted by molar-refractivity contribution is 0.143. The minimum Gasteiger partial charge on any atom is -0.395 e. The van der Waals surface area contributed by atoms with Crippen LogP contribution in [-0.4, -0.2) is 35.7 Å². The van der Waals surface area contributed by atoms with Gasteiger partial charge in [0.25, 0.3) is 0 Å². The van der Waals surface area contributed by atoms with Crippen molar-refractivity contribution in [1.29, 1.82) is 0 Å². The van der Waals surface area contributed by atoms with Crippen molar-refractivity contribution in [2.24, 2.45) is 5.73 Å². The summed E-state index contributed by atoms with van der Waals surface area (Å²) < 4.78 is 0. The Balaban J connectivity index is 2.63. The molecule has 0 radical (unpaired) electrons. The molecule has 1 atom stereocenters. The van der Waals surface area contributed by atoms with E-state index in [1.807, 2.05) is 18.2 Å². The van der Waals surface area contributed by atoms with Gasteiger partial charge in [0.2, 0.25) is 0 Å². The molecular weight excluding hydrogens is 200 g/mol. The molecule has 0 aliphatic carbocycles. The van der Waals surface area contributed by atoms with Crippen molar-refractivity contribution in [2.75, 3.05) is 19.7 Å². The summed E-state index contributed by atoms with van der Waals surface area (Å²) in [5, 5.41) is 9.07. The van der Waals surface area contributed by atoms with Crippen LogP contribution in [0.1, 0.15) is 18.9 Å². The number of hydrogen-bond donors (Lipinski definition) is 2. The second-order valence-electron chi connectivity index (χ2n) is 3.98. The van der Waals surface area contributed by atoms with Gasteiger partial charge < -0.3 is 10.8 Å². The van der Waals surface area contributed by atoms with Crippen molar-refractivity contribution in [2.45, 2.75) is 25.9 Å². The number of aliphatic hydroxyl groups is 1. The van der Waals surface area contributed by atoms with Crippen LogP contribution in [0, 0.1) is 0 Å². The number of rotatable bonds is 7. The van der Waals surface area contributed by atoms with Crippen LogP contribution in [0.3, 0.4) is 0 Å². The zero-order chi connectivity index (χ0) is 11.8. The molecule has 0 heterocycles. The van der Waals surface area contributed by atoms with Crippen LogP contribution in [0.4, 0.5) is 0 Å². The fourth-order valence-corrected chi connectivity index (χ4v) is 1.91. The molecule has 0 saturated carbocycles. The molecule has 0 spiro atoms. The fourth-order valence-electron chi connectivity index (χ4n) is 1.91. The molecule has 0 aliphatic heterocycles. The summed E-state index contributed by atoms with van der Waals surface area (Å²) in [7, 11) is 0. The van der Waals surface area contributed by atoms with E-state index >= 15 is 0 Å². The van der Waals surface area contributed by atoms with Gasteiger partial charge in [0.05, 0.1) is 6.61 Å². The van der Waals surface area contributed by atoms with Crippen LogP contribution in [-0.2, 0) is 6.54 Å². The first kappa shape index (κ1) is 13.2. The Hall–Kier alpha value is -0.900. The van der Waals surface area contributed by atoms with Crippen LogP contribution in [0.15, 0.2) is 30.3 Å². The molecule has 0 aromatic heterocycles. The van der Waals surface area contributed by atoms with Gasteiger partial charge in [-0.15, -0.1) is 0 Å². The Morgan fingerprint density at radius 2 is 2.00 bits per heavy atom. The number of nitrogens with two attached hydrogens (primary N) is 1. The molecule has 1 aromatic carbocycles. The summed E-state index contributed by atoms with van der Waals surface area (Å²) >= 11 is 0. The van der Waals surface area contributed by atoms with E-state index < -0.39 is 0 Å². The van der Waals surface area contributed by atoms with Crippen LogP contribution in [0.2, 0.25) is 0 Å². The lowest BCUT2D eigenvalue weighted by Gasteiger charge is -2.29. The van der Waals surface area contributed by atoms with Gasteiger partial charge in [-0.2, -0.15) is 0 Å². The second-order valence-corrected chi connectivity index (χ2v) is 3.98. The molecule has 0 amide bonds. The average molecular weight is 222 g/mol. The van der Waals surface area contributed by atoms with Gasteiger partial charge in [0.15, 0.2) is 0 Å². The molecule has 1 unspecified atom stereocenters. The quantitative estimate of drug-likeness (QED) is 0.729. The summed E-state index contributed by atoms with van der Waals surface area (Å²) in [6, 6.07) is 10.7. The maximum Gasteiger partial charge on any atom is 0.0558 e. The molecule has 0 fully saturated rings. The van der Waals surface area contributed by atoms with Gasteiger partial charge in [0, 0.05) is 25.7 Å². The highest BCUT2D eigenvalue weighted by Gasteiger charge is 2.14. The fraction of sp³-hybridized carbons (Fsp3) is 0.538. The van der Waals surface area contributed by atoms with E-state index in [1.165, 1.54) is 5.56 Å². The molecule has 3 nitrogen and oxygen atoms in total. The van der Waals surface area contributed by atoms with Gasteiger partial charge >= 0.3 is 0 Å². The second kappa shape index (κ2) is 7.39. The van der Waals surface area contributed by atoms with Gasteiger partial charge in [0.1, 0.15) is 0 Å². The molecule has 90 valence electrons. The Morgan fingerprint density at radius 3 is 2.50 bits per heavy atom. The Kier molecular flexibility index (Phi) is 6.08. The zero-order valence-electron chi connectivity index (χ0n) is 9.97. The van der Waals surface area contributed by atoms with E-state index in [9.17, 15) is 0 Å². The minimum absolute atomic E-state index is 0.184. The molecule has 3 heteroatoms. The lowest BCUT2D eigenvalue weighted by Crippen LogP contribution is -2.41. The van der Waals surface area contributed by atoms with E-state index in [0.717, 1.165) is 13.0 Å². The minimum atomic E-state index is 0.184. The standard InChI is InChI=1S/C13H22N2O/c1-2-13(10-14)15(8-9-16)11-12-6-4-3-5-7-12/h3-7,13,16H,2,8-11,14H2,1H3. The van der Waals surface area contributed by atoms with Crippen molar-refractivity contribution < 1.29 is 5.11 Å². The third-order valence-electron chi connectivity index (χ3n) is 2.88. The maximum absolute atomic E-state index is 9.07. The van der Waals surface area contributed by atoms with Crippen molar-refractivity contribution in [1.82, 2.24) is 4.90 Å². The first-order chi connectivity index (χ1) is 7.81. The molecule has 0 saturated heterocycles. The van der Waals surface area contributed by atoms with E-state index in [4.69, 9.17) is 10.8 Å². The normalized spacial score (nSPS) is 13.0. The number of aliphatic hydroxyl groups excluding tert-OH is 1. The number of benzene rings is 1. The van der Waals surface area contributed by atoms with Crippen molar-refractivity contribution in [3.63, 3.8) is 0 Å². The topological polar surface area (TPSA) is 49.5 Å². The molecule has 1 rings (SSSR count). The van der Waals surface area contributed by atoms with Crippen LogP contribution in [0.25, 0.3) is 0 Å². The first-order valence-electron chi connectivity index (χ1n) is 5.90. The van der Waals surface area contributed by atoms with Crippen molar-refractivity contribution in [3.05, 3.63) is 35.9 Å². The maximum atomic E-state index is 9.07. The lowest BCUT2D eigenvalue weighted by atomic mass is 10.1. The third kappa shape index (κ3) is 3.93. The summed E-state index contributed by atoms with van der Waals surface area (Å²) in [6.45, 7) is 4.50. The number of hydrogen-bond acceptors (Lipinski definition) is 3. The van der Waals surface area contributed by atoms with E-state index in [1.54, 1.807) is 0 Å². The Bertz CT molecular complexity index is 273. The smallest absolute Gasteiger partial charge is 0.0558 e. The van der Waals surface area contributed by atoms with E-state index in [0.29, 0.717) is 19.1 Å². The Labute approximate surface area is 97.9 Å². The van der Waals surface area contributed by atoms with Gasteiger partial charge in [-0.05, 0) is 12.0 Å². The molecule has 0 aliphatic rings. The SMILES string of the molecule is CCC(CN)N(CCO)Cc1ccccc1. The molecule has 1 aromatic rings. The molecular formula is C13H22N2O. The van der Waals surface area contributed by atoms with Crippen LogP contribution in [0.5, 0.6) is 0 Å². The van der Waals surface area contributed by atoms with E-state index in [2.05, 4.69) is 24.0 Å². The van der Waals surface area contributed by atoms with Crippen LogP contribution < -0.4 is 5.73 Å². The monoisotopic (exact) mass is 222 g/mol. The predicted octanol–water partition coefficient (Wildman–Crippen LogP) is 1.22. The summed E-state index contributed by atoms with van der Waals surface area (Å²) in [4.78, 5) is 2.25. The predicted molar refractivity (Wildman–Crippen MR) is 67.1 cm³/mol. The largest absolute Gasteiger partial charge is 0.395 e.